The summed E-state index contributed by atoms with van der Waals surface area (Å²) < 4.78 is 49.1. The second-order valence-corrected chi connectivity index (χ2v) is 11.3. The van der Waals surface area contributed by atoms with Gasteiger partial charge >= 0.3 is 12.2 Å². The van der Waals surface area contributed by atoms with E-state index < -0.39 is 18.8 Å². The molecule has 3 aliphatic rings. The van der Waals surface area contributed by atoms with Gasteiger partial charge in [0.1, 0.15) is 6.23 Å². The van der Waals surface area contributed by atoms with Gasteiger partial charge in [0, 0.05) is 31.5 Å². The fourth-order valence-electron chi connectivity index (χ4n) is 5.07. The summed E-state index contributed by atoms with van der Waals surface area (Å²) in [6.07, 6.45) is 6.79. The number of nitrogens with one attached hydrogen (secondary N) is 4. The maximum Gasteiger partial charge on any atom is 0.422 e. The summed E-state index contributed by atoms with van der Waals surface area (Å²) in [6.45, 7) is 0.183. The second-order valence-electron chi connectivity index (χ2n) is 11.3. The normalized spacial score (nSPS) is 18.2. The van der Waals surface area contributed by atoms with Crippen LogP contribution in [0.4, 0.5) is 30.8 Å². The third kappa shape index (κ3) is 12.4. The van der Waals surface area contributed by atoms with Gasteiger partial charge in [0.2, 0.25) is 11.9 Å². The molecule has 0 saturated carbocycles. The van der Waals surface area contributed by atoms with Crippen molar-refractivity contribution in [2.75, 3.05) is 37.4 Å². The molecule has 0 saturated heterocycles. The van der Waals surface area contributed by atoms with Crippen molar-refractivity contribution in [1.29, 1.82) is 0 Å². The summed E-state index contributed by atoms with van der Waals surface area (Å²) in [7, 11) is 1.65. The van der Waals surface area contributed by atoms with Crippen LogP contribution in [-0.2, 0) is 11.3 Å². The zero-order valence-corrected chi connectivity index (χ0v) is 26.3. The Labute approximate surface area is 268 Å². The first kappa shape index (κ1) is 34.9. The number of ether oxygens (including phenoxy) is 2. The van der Waals surface area contributed by atoms with Crippen molar-refractivity contribution in [2.24, 2.45) is 0 Å². The molecule has 0 fully saturated rings. The molecule has 3 aromatic rings. The SMILES string of the molecule is COC1NCCCCCCCCCCCCNC(=O)c2ccc(cc2)CNc2nc(nc(OCC(F)(F)F)n2)Nc2ccc1cc2. The van der Waals surface area contributed by atoms with Gasteiger partial charge in [-0.05, 0) is 54.8 Å². The Morgan fingerprint density at radius 2 is 1.37 bits per heavy atom. The fraction of sp³-hybridized carbons (Fsp3) is 0.515. The predicted octanol–water partition coefficient (Wildman–Crippen LogP) is 7.05. The summed E-state index contributed by atoms with van der Waals surface area (Å²) >= 11 is 0. The number of halogens is 3. The van der Waals surface area contributed by atoms with E-state index in [-0.39, 0.29) is 30.6 Å². The largest absolute Gasteiger partial charge is 0.454 e. The molecule has 13 heteroatoms. The Balaban J connectivity index is 1.47. The maximum absolute atomic E-state index is 12.9. The zero-order chi connectivity index (χ0) is 32.6. The molecule has 1 amide bonds. The molecule has 10 nitrogen and oxygen atoms in total. The molecule has 6 bridgehead atoms. The van der Waals surface area contributed by atoms with Gasteiger partial charge in [-0.2, -0.15) is 28.1 Å². The number of carbonyl (C=O) groups excluding carboxylic acids is 1. The predicted molar refractivity (Wildman–Crippen MR) is 171 cm³/mol. The highest BCUT2D eigenvalue weighted by Gasteiger charge is 2.29. The molecule has 1 unspecified atom stereocenters. The molecule has 4 heterocycles. The van der Waals surface area contributed by atoms with E-state index in [1.807, 2.05) is 24.3 Å². The minimum atomic E-state index is -4.56. The van der Waals surface area contributed by atoms with E-state index in [2.05, 4.69) is 36.2 Å². The lowest BCUT2D eigenvalue weighted by atomic mass is 10.1. The molecule has 0 spiro atoms. The Morgan fingerprint density at radius 1 is 0.761 bits per heavy atom. The van der Waals surface area contributed by atoms with Gasteiger partial charge in [0.15, 0.2) is 6.61 Å². The van der Waals surface area contributed by atoms with Crippen LogP contribution >= 0.6 is 0 Å². The number of aromatic nitrogens is 3. The highest BCUT2D eigenvalue weighted by atomic mass is 19.4. The van der Waals surface area contributed by atoms with Crippen LogP contribution in [0.25, 0.3) is 0 Å². The Morgan fingerprint density at radius 3 is 2.00 bits per heavy atom. The van der Waals surface area contributed by atoms with Crippen molar-refractivity contribution in [3.63, 3.8) is 0 Å². The molecular formula is C33H44F3N7O3. The number of anilines is 3. The van der Waals surface area contributed by atoms with Crippen molar-refractivity contribution in [2.45, 2.75) is 83.2 Å². The topological polar surface area (TPSA) is 122 Å². The summed E-state index contributed by atoms with van der Waals surface area (Å²) in [5, 5.41) is 12.5. The number of nitrogens with zero attached hydrogens (tertiary/aromatic N) is 3. The van der Waals surface area contributed by atoms with E-state index in [1.54, 1.807) is 31.4 Å². The van der Waals surface area contributed by atoms with E-state index in [1.165, 1.54) is 38.5 Å². The third-order valence-electron chi connectivity index (χ3n) is 7.57. The van der Waals surface area contributed by atoms with Crippen LogP contribution in [0.3, 0.4) is 0 Å². The number of amides is 1. The Bertz CT molecular complexity index is 1340. The number of hydrogen-bond acceptors (Lipinski definition) is 9. The molecule has 4 N–H and O–H groups in total. The summed E-state index contributed by atoms with van der Waals surface area (Å²) in [6, 6.07) is 14.0. The smallest absolute Gasteiger partial charge is 0.422 e. The number of hydrogen-bond donors (Lipinski definition) is 4. The lowest BCUT2D eigenvalue weighted by Gasteiger charge is -2.18. The molecule has 250 valence electrons. The zero-order valence-electron chi connectivity index (χ0n) is 26.3. The van der Waals surface area contributed by atoms with Crippen LogP contribution in [0.5, 0.6) is 6.01 Å². The Kier molecular flexibility index (Phi) is 13.8. The van der Waals surface area contributed by atoms with Gasteiger partial charge in [-0.25, -0.2) is 0 Å². The van der Waals surface area contributed by atoms with E-state index in [0.29, 0.717) is 17.8 Å². The van der Waals surface area contributed by atoms with Crippen LogP contribution < -0.4 is 26.0 Å². The van der Waals surface area contributed by atoms with Crippen molar-refractivity contribution in [3.05, 3.63) is 65.2 Å². The molecule has 1 aromatic heterocycles. The minimum absolute atomic E-state index is 0.00974. The third-order valence-corrected chi connectivity index (χ3v) is 7.57. The molecular weight excluding hydrogens is 599 g/mol. The van der Waals surface area contributed by atoms with Gasteiger partial charge in [0.05, 0.1) is 0 Å². The van der Waals surface area contributed by atoms with Crippen LogP contribution in [-0.4, -0.2) is 53.8 Å². The number of fused-ring (bicyclic) bond motifs is 2. The van der Waals surface area contributed by atoms with Crippen LogP contribution in [0.2, 0.25) is 0 Å². The van der Waals surface area contributed by atoms with E-state index in [0.717, 1.165) is 43.4 Å². The van der Waals surface area contributed by atoms with E-state index >= 15 is 0 Å². The van der Waals surface area contributed by atoms with Crippen LogP contribution in [0, 0.1) is 0 Å². The second kappa shape index (κ2) is 18.2. The highest BCUT2D eigenvalue weighted by molar-refractivity contribution is 5.94. The fourth-order valence-corrected chi connectivity index (χ4v) is 5.07. The van der Waals surface area contributed by atoms with Crippen molar-refractivity contribution in [3.8, 4) is 6.01 Å². The molecule has 0 radical (unpaired) electrons. The molecule has 1 atom stereocenters. The first-order valence-corrected chi connectivity index (χ1v) is 16.0. The average molecular weight is 644 g/mol. The summed E-state index contributed by atoms with van der Waals surface area (Å²) in [5.74, 6) is -0.0910. The van der Waals surface area contributed by atoms with Gasteiger partial charge in [-0.15, -0.1) is 0 Å². The number of alkyl halides is 3. The number of carbonyl (C=O) groups is 1. The first-order chi connectivity index (χ1) is 22.3. The minimum Gasteiger partial charge on any atom is -0.454 e. The van der Waals surface area contributed by atoms with Crippen molar-refractivity contribution < 1.29 is 27.4 Å². The van der Waals surface area contributed by atoms with Gasteiger partial charge in [0.25, 0.3) is 5.91 Å². The quantitative estimate of drug-likeness (QED) is 0.238. The summed E-state index contributed by atoms with van der Waals surface area (Å²) in [4.78, 5) is 24.9. The Hall–Kier alpha value is -3.97. The maximum atomic E-state index is 12.9. The number of methoxy groups -OCH3 is 1. The number of rotatable bonds is 3. The molecule has 46 heavy (non-hydrogen) atoms. The van der Waals surface area contributed by atoms with Gasteiger partial charge in [-0.3, -0.25) is 10.1 Å². The van der Waals surface area contributed by atoms with Crippen molar-refractivity contribution >= 4 is 23.5 Å². The standard InChI is InChI=1S/C33H44F3N7O3/c1-45-29-26-16-18-27(19-17-26)40-31-41-30(42-32(43-31)46-23-33(34,35)36)39-22-24-12-14-25(15-13-24)28(44)37-20-10-8-6-4-2-3-5-7-9-11-21-38-29/h12-19,29,38H,2-11,20-23H2,1H3,(H,37,44)(H2,39,40,41,42,43). The highest BCUT2D eigenvalue weighted by Crippen LogP contribution is 2.22. The lowest BCUT2D eigenvalue weighted by Crippen LogP contribution is -2.24. The first-order valence-electron chi connectivity index (χ1n) is 16.0. The van der Waals surface area contributed by atoms with E-state index in [4.69, 9.17) is 9.47 Å². The number of benzene rings is 2. The average Bonchev–Trinajstić information content (AvgIpc) is 3.04. The van der Waals surface area contributed by atoms with Crippen molar-refractivity contribution in [1.82, 2.24) is 25.6 Å². The molecule has 2 aromatic carbocycles. The van der Waals surface area contributed by atoms with E-state index in [9.17, 15) is 18.0 Å². The van der Waals surface area contributed by atoms with Gasteiger partial charge < -0.3 is 25.4 Å². The van der Waals surface area contributed by atoms with Crippen LogP contribution in [0.1, 0.15) is 91.9 Å². The van der Waals surface area contributed by atoms with Crippen LogP contribution in [0.15, 0.2) is 48.5 Å². The van der Waals surface area contributed by atoms with Gasteiger partial charge in [-0.1, -0.05) is 75.6 Å². The molecule has 0 aliphatic carbocycles. The summed E-state index contributed by atoms with van der Waals surface area (Å²) in [5.41, 5.74) is 2.92. The monoisotopic (exact) mass is 643 g/mol. The molecule has 6 rings (SSSR count). The lowest BCUT2D eigenvalue weighted by molar-refractivity contribution is -0.154. The molecule has 3 aliphatic heterocycles.